The third-order valence-corrected chi connectivity index (χ3v) is 3.35. The van der Waals surface area contributed by atoms with E-state index in [-0.39, 0.29) is 5.56 Å². The highest BCUT2D eigenvalue weighted by Crippen LogP contribution is 2.14. The number of halogens is 1. The Morgan fingerprint density at radius 2 is 2.10 bits per heavy atom. The maximum atomic E-state index is 13.4. The largest absolute Gasteiger partial charge is 0.478 e. The topological polar surface area (TPSA) is 52.6 Å². The first-order valence-electron chi connectivity index (χ1n) is 6.88. The molecule has 0 amide bonds. The number of benzene rings is 1. The quantitative estimate of drug-likeness (QED) is 0.720. The number of carbonyl (C=O) groups is 1. The number of hydrogen-bond acceptors (Lipinski definition) is 3. The fourth-order valence-electron chi connectivity index (χ4n) is 1.78. The van der Waals surface area contributed by atoms with E-state index in [0.717, 1.165) is 25.9 Å². The molecule has 2 N–H and O–H groups in total. The van der Waals surface area contributed by atoms with Crippen molar-refractivity contribution in [2.75, 3.05) is 25.5 Å². The predicted octanol–water partition coefficient (Wildman–Crippen LogP) is 3.06. The molecule has 0 spiro atoms. The molecule has 0 aliphatic rings. The number of hydrogen-bond donors (Lipinski definition) is 2. The number of nitrogens with zero attached hydrogens (tertiary/aromatic N) is 1. The number of anilines is 1. The molecule has 5 heteroatoms. The Balaban J connectivity index is 2.32. The molecule has 0 aliphatic carbocycles. The van der Waals surface area contributed by atoms with Crippen LogP contribution in [-0.2, 0) is 0 Å². The zero-order valence-electron chi connectivity index (χ0n) is 12.3. The van der Waals surface area contributed by atoms with Gasteiger partial charge in [-0.15, -0.1) is 0 Å². The normalized spacial score (nSPS) is 11.1. The molecule has 112 valence electrons. The molecule has 0 saturated heterocycles. The van der Waals surface area contributed by atoms with Gasteiger partial charge in [-0.25, -0.2) is 9.18 Å². The van der Waals surface area contributed by atoms with E-state index in [2.05, 4.69) is 31.1 Å². The first-order valence-corrected chi connectivity index (χ1v) is 6.88. The molecule has 0 saturated carbocycles. The highest BCUT2D eigenvalue weighted by atomic mass is 19.1. The van der Waals surface area contributed by atoms with Crippen molar-refractivity contribution >= 4 is 11.7 Å². The van der Waals surface area contributed by atoms with Crippen LogP contribution in [-0.4, -0.2) is 42.2 Å². The molecule has 20 heavy (non-hydrogen) atoms. The highest BCUT2D eigenvalue weighted by molar-refractivity contribution is 5.88. The smallest absolute Gasteiger partial charge is 0.338 e. The van der Waals surface area contributed by atoms with E-state index < -0.39 is 11.8 Å². The summed E-state index contributed by atoms with van der Waals surface area (Å²) >= 11 is 0. The van der Waals surface area contributed by atoms with Gasteiger partial charge in [0.1, 0.15) is 5.82 Å². The monoisotopic (exact) mass is 282 g/mol. The molecular formula is C15H23FN2O2. The number of aromatic carboxylic acids is 1. The maximum Gasteiger partial charge on any atom is 0.338 e. The average molecular weight is 282 g/mol. The van der Waals surface area contributed by atoms with Crippen LogP contribution in [0.3, 0.4) is 0 Å². The van der Waals surface area contributed by atoms with Crippen LogP contribution in [0, 0.1) is 5.82 Å². The second-order valence-corrected chi connectivity index (χ2v) is 5.21. The van der Waals surface area contributed by atoms with Crippen LogP contribution in [0.25, 0.3) is 0 Å². The van der Waals surface area contributed by atoms with Gasteiger partial charge in [-0.2, -0.15) is 0 Å². The Bertz CT molecular complexity index is 449. The van der Waals surface area contributed by atoms with Gasteiger partial charge in [-0.05, 0) is 58.5 Å². The van der Waals surface area contributed by atoms with E-state index in [1.54, 1.807) is 6.07 Å². The lowest BCUT2D eigenvalue weighted by atomic mass is 10.2. The molecule has 0 aliphatic heterocycles. The van der Waals surface area contributed by atoms with Crippen LogP contribution in [0.5, 0.6) is 0 Å². The number of carboxylic acid groups (broad SMARTS) is 1. The van der Waals surface area contributed by atoms with Crippen molar-refractivity contribution in [2.45, 2.75) is 32.7 Å². The van der Waals surface area contributed by atoms with Gasteiger partial charge in [-0.3, -0.25) is 0 Å². The summed E-state index contributed by atoms with van der Waals surface area (Å²) in [4.78, 5) is 13.0. The number of unbranched alkanes of at least 4 members (excludes halogenated alkanes) is 1. The van der Waals surface area contributed by atoms with Crippen molar-refractivity contribution in [3.05, 3.63) is 29.6 Å². The summed E-state index contributed by atoms with van der Waals surface area (Å²) in [5.41, 5.74) is 0.318. The summed E-state index contributed by atoms with van der Waals surface area (Å²) in [6.45, 7) is 6.10. The second kappa shape index (κ2) is 7.85. The minimum absolute atomic E-state index is 0.297. The molecule has 0 radical (unpaired) electrons. The van der Waals surface area contributed by atoms with Crippen molar-refractivity contribution in [2.24, 2.45) is 0 Å². The summed E-state index contributed by atoms with van der Waals surface area (Å²) in [7, 11) is 2.10. The van der Waals surface area contributed by atoms with Crippen molar-refractivity contribution in [3.63, 3.8) is 0 Å². The predicted molar refractivity (Wildman–Crippen MR) is 78.8 cm³/mol. The van der Waals surface area contributed by atoms with Crippen LogP contribution in [0.2, 0.25) is 0 Å². The number of nitrogens with one attached hydrogen (secondary N) is 1. The molecule has 1 rings (SSSR count). The maximum absolute atomic E-state index is 13.4. The van der Waals surface area contributed by atoms with E-state index >= 15 is 0 Å². The fourth-order valence-corrected chi connectivity index (χ4v) is 1.78. The third-order valence-electron chi connectivity index (χ3n) is 3.35. The standard InChI is InChI=1S/C15H23FN2O2/c1-11(2)18(3)9-5-4-8-17-12-6-7-13(15(19)20)14(16)10-12/h6-7,10-11,17H,4-5,8-9H2,1-3H3,(H,19,20). The van der Waals surface area contributed by atoms with Crippen molar-refractivity contribution in [3.8, 4) is 0 Å². The van der Waals surface area contributed by atoms with Gasteiger partial charge < -0.3 is 15.3 Å². The molecule has 1 aromatic rings. The minimum atomic E-state index is -1.24. The minimum Gasteiger partial charge on any atom is -0.478 e. The molecule has 0 fully saturated rings. The lowest BCUT2D eigenvalue weighted by Gasteiger charge is -2.20. The summed E-state index contributed by atoms with van der Waals surface area (Å²) < 4.78 is 13.4. The Morgan fingerprint density at radius 3 is 2.65 bits per heavy atom. The Labute approximate surface area is 119 Å². The molecule has 0 heterocycles. The Kier molecular flexibility index (Phi) is 6.45. The molecule has 4 nitrogen and oxygen atoms in total. The highest BCUT2D eigenvalue weighted by Gasteiger charge is 2.10. The van der Waals surface area contributed by atoms with Crippen molar-refractivity contribution in [1.82, 2.24) is 4.90 Å². The van der Waals surface area contributed by atoms with Gasteiger partial charge in [0.15, 0.2) is 0 Å². The third kappa shape index (κ3) is 5.17. The van der Waals surface area contributed by atoms with E-state index in [4.69, 9.17) is 5.11 Å². The van der Waals surface area contributed by atoms with Crippen molar-refractivity contribution < 1.29 is 14.3 Å². The first-order chi connectivity index (χ1) is 9.41. The summed E-state index contributed by atoms with van der Waals surface area (Å²) in [6.07, 6.45) is 2.05. The molecule has 0 aromatic heterocycles. The lowest BCUT2D eigenvalue weighted by molar-refractivity contribution is 0.0692. The van der Waals surface area contributed by atoms with Gasteiger partial charge in [0.25, 0.3) is 0 Å². The SMILES string of the molecule is CC(C)N(C)CCCCNc1ccc(C(=O)O)c(F)c1. The molecule has 1 aromatic carbocycles. The van der Waals surface area contributed by atoms with Crippen LogP contribution in [0.4, 0.5) is 10.1 Å². The zero-order chi connectivity index (χ0) is 15.1. The zero-order valence-corrected chi connectivity index (χ0v) is 12.3. The molecule has 0 unspecified atom stereocenters. The van der Waals surface area contributed by atoms with Gasteiger partial charge in [0.05, 0.1) is 5.56 Å². The van der Waals surface area contributed by atoms with E-state index in [1.165, 1.54) is 12.1 Å². The van der Waals surface area contributed by atoms with Crippen LogP contribution >= 0.6 is 0 Å². The van der Waals surface area contributed by atoms with Crippen LogP contribution in [0.1, 0.15) is 37.0 Å². The molecule has 0 atom stereocenters. The number of carboxylic acids is 1. The van der Waals surface area contributed by atoms with Crippen LogP contribution < -0.4 is 5.32 Å². The Hall–Kier alpha value is -1.62. The molecule has 0 bridgehead atoms. The van der Waals surface area contributed by atoms with Gasteiger partial charge in [0, 0.05) is 18.3 Å². The van der Waals surface area contributed by atoms with Gasteiger partial charge in [0.2, 0.25) is 0 Å². The Morgan fingerprint density at radius 1 is 1.40 bits per heavy atom. The first kappa shape index (κ1) is 16.4. The summed E-state index contributed by atoms with van der Waals surface area (Å²) in [6, 6.07) is 4.64. The number of rotatable bonds is 8. The average Bonchev–Trinajstić information content (AvgIpc) is 2.37. The molecular weight excluding hydrogens is 259 g/mol. The van der Waals surface area contributed by atoms with E-state index in [9.17, 15) is 9.18 Å². The second-order valence-electron chi connectivity index (χ2n) is 5.21. The van der Waals surface area contributed by atoms with Gasteiger partial charge >= 0.3 is 5.97 Å². The van der Waals surface area contributed by atoms with Crippen LogP contribution in [0.15, 0.2) is 18.2 Å². The van der Waals surface area contributed by atoms with Gasteiger partial charge in [-0.1, -0.05) is 0 Å². The summed E-state index contributed by atoms with van der Waals surface area (Å²) in [5.74, 6) is -1.95. The fraction of sp³-hybridized carbons (Fsp3) is 0.533. The van der Waals surface area contributed by atoms with E-state index in [1.807, 2.05) is 0 Å². The van der Waals surface area contributed by atoms with E-state index in [0.29, 0.717) is 11.7 Å². The van der Waals surface area contributed by atoms with Crippen molar-refractivity contribution in [1.29, 1.82) is 0 Å². The summed E-state index contributed by atoms with van der Waals surface area (Å²) in [5, 5.41) is 11.8. The lowest BCUT2D eigenvalue weighted by Crippen LogP contribution is -2.27.